The summed E-state index contributed by atoms with van der Waals surface area (Å²) in [6, 6.07) is 5.69. The molecule has 1 saturated carbocycles. The molecule has 0 spiro atoms. The Morgan fingerprint density at radius 3 is 2.62 bits per heavy atom. The maximum atomic E-state index is 12.3. The van der Waals surface area contributed by atoms with Gasteiger partial charge in [0.25, 0.3) is 5.88 Å². The van der Waals surface area contributed by atoms with Crippen molar-refractivity contribution < 1.29 is 28.3 Å². The molecule has 0 radical (unpaired) electrons. The standard InChI is InChI=1S/C24H34N2O6/c1-24(2,3)31-23(27)26-13-11-16(12-14-26)15-29-22-21-19(9-6-10-20(21)32-25-22)30-18-8-5-7-17(18)28-4/h6,9-10,16-18H,5,7-8,11-15H2,1-4H3/t17-,18+/m1/s1. The summed E-state index contributed by atoms with van der Waals surface area (Å²) in [6.07, 6.45) is 4.65. The molecule has 1 aromatic heterocycles. The lowest BCUT2D eigenvalue weighted by Gasteiger charge is -2.33. The molecule has 8 heteroatoms. The molecule has 1 aliphatic heterocycles. The molecule has 2 aromatic rings. The van der Waals surface area contributed by atoms with Crippen LogP contribution in [-0.2, 0) is 9.47 Å². The van der Waals surface area contributed by atoms with Gasteiger partial charge in [0.05, 0.1) is 12.7 Å². The number of likely N-dealkylation sites (tertiary alicyclic amines) is 1. The molecule has 176 valence electrons. The van der Waals surface area contributed by atoms with Gasteiger partial charge in [0.2, 0.25) is 0 Å². The molecular weight excluding hydrogens is 412 g/mol. The van der Waals surface area contributed by atoms with Gasteiger partial charge < -0.3 is 28.4 Å². The highest BCUT2D eigenvalue weighted by atomic mass is 16.6. The predicted molar refractivity (Wildman–Crippen MR) is 119 cm³/mol. The number of piperidine rings is 1. The molecule has 4 rings (SSSR count). The van der Waals surface area contributed by atoms with Gasteiger partial charge in [-0.1, -0.05) is 6.07 Å². The van der Waals surface area contributed by atoms with Gasteiger partial charge in [0.1, 0.15) is 22.8 Å². The van der Waals surface area contributed by atoms with Gasteiger partial charge in [-0.2, -0.15) is 0 Å². The van der Waals surface area contributed by atoms with Crippen LogP contribution in [0.4, 0.5) is 4.79 Å². The van der Waals surface area contributed by atoms with Crippen molar-refractivity contribution in [2.75, 3.05) is 26.8 Å². The van der Waals surface area contributed by atoms with Crippen molar-refractivity contribution in [3.8, 4) is 11.6 Å². The average Bonchev–Trinajstić information content (AvgIpc) is 3.38. The first kappa shape index (κ1) is 22.7. The van der Waals surface area contributed by atoms with Crippen molar-refractivity contribution in [2.24, 2.45) is 5.92 Å². The number of hydrogen-bond donors (Lipinski definition) is 0. The first-order chi connectivity index (χ1) is 15.3. The summed E-state index contributed by atoms with van der Waals surface area (Å²) in [7, 11) is 1.73. The van der Waals surface area contributed by atoms with Crippen LogP contribution in [0, 0.1) is 5.92 Å². The zero-order valence-corrected chi connectivity index (χ0v) is 19.5. The number of hydrogen-bond acceptors (Lipinski definition) is 7. The van der Waals surface area contributed by atoms with Gasteiger partial charge in [0, 0.05) is 20.2 Å². The first-order valence-corrected chi connectivity index (χ1v) is 11.5. The van der Waals surface area contributed by atoms with Crippen molar-refractivity contribution in [1.82, 2.24) is 10.1 Å². The highest BCUT2D eigenvalue weighted by Crippen LogP contribution is 2.37. The smallest absolute Gasteiger partial charge is 0.410 e. The minimum atomic E-state index is -0.480. The molecule has 1 amide bonds. The van der Waals surface area contributed by atoms with Crippen molar-refractivity contribution in [2.45, 2.75) is 70.7 Å². The van der Waals surface area contributed by atoms with Gasteiger partial charge in [-0.3, -0.25) is 0 Å². The number of ether oxygens (including phenoxy) is 4. The molecule has 2 atom stereocenters. The maximum Gasteiger partial charge on any atom is 0.410 e. The number of nitrogens with zero attached hydrogens (tertiary/aromatic N) is 2. The second-order valence-electron chi connectivity index (χ2n) is 9.70. The molecule has 2 fully saturated rings. The van der Waals surface area contributed by atoms with E-state index < -0.39 is 5.60 Å². The lowest BCUT2D eigenvalue weighted by molar-refractivity contribution is 0.0163. The van der Waals surface area contributed by atoms with E-state index in [9.17, 15) is 4.79 Å². The van der Waals surface area contributed by atoms with Crippen LogP contribution in [0.5, 0.6) is 11.6 Å². The Labute approximate surface area is 189 Å². The molecule has 0 bridgehead atoms. The third-order valence-electron chi connectivity index (χ3n) is 6.12. The van der Waals surface area contributed by atoms with Crippen LogP contribution >= 0.6 is 0 Å². The topological polar surface area (TPSA) is 83.3 Å². The van der Waals surface area contributed by atoms with E-state index in [1.807, 2.05) is 39.0 Å². The van der Waals surface area contributed by atoms with E-state index in [0.717, 1.165) is 37.5 Å². The summed E-state index contributed by atoms with van der Waals surface area (Å²) >= 11 is 0. The summed E-state index contributed by atoms with van der Waals surface area (Å²) < 4.78 is 28.9. The fraction of sp³-hybridized carbons (Fsp3) is 0.667. The van der Waals surface area contributed by atoms with Crippen LogP contribution in [0.3, 0.4) is 0 Å². The SMILES string of the molecule is CO[C@@H]1CCC[C@@H]1Oc1cccc2onc(OCC3CCN(C(=O)OC(C)(C)C)CC3)c12. The van der Waals surface area contributed by atoms with Gasteiger partial charge >= 0.3 is 6.09 Å². The summed E-state index contributed by atoms with van der Waals surface area (Å²) in [5.74, 6) is 1.51. The number of aromatic nitrogens is 1. The fourth-order valence-corrected chi connectivity index (χ4v) is 4.40. The van der Waals surface area contributed by atoms with Crippen molar-refractivity contribution in [3.05, 3.63) is 18.2 Å². The predicted octanol–water partition coefficient (Wildman–Crippen LogP) is 4.80. The number of fused-ring (bicyclic) bond motifs is 1. The number of carbonyl (C=O) groups is 1. The van der Waals surface area contributed by atoms with Gasteiger partial charge in [-0.25, -0.2) is 4.79 Å². The van der Waals surface area contributed by atoms with Gasteiger partial charge in [-0.15, -0.1) is 0 Å². The van der Waals surface area contributed by atoms with Crippen LogP contribution in [0.15, 0.2) is 22.7 Å². The van der Waals surface area contributed by atoms with Crippen LogP contribution in [-0.4, -0.2) is 60.8 Å². The van der Waals surface area contributed by atoms with Gasteiger partial charge in [-0.05, 0) is 76.1 Å². The Hall–Kier alpha value is -2.48. The van der Waals surface area contributed by atoms with Crippen molar-refractivity contribution >= 4 is 17.1 Å². The van der Waals surface area contributed by atoms with Gasteiger partial charge in [0.15, 0.2) is 5.58 Å². The zero-order chi connectivity index (χ0) is 22.7. The van der Waals surface area contributed by atoms with Crippen molar-refractivity contribution in [3.63, 3.8) is 0 Å². The number of methoxy groups -OCH3 is 1. The molecule has 1 aliphatic carbocycles. The minimum absolute atomic E-state index is 0.0190. The third kappa shape index (κ3) is 5.28. The molecule has 1 aromatic carbocycles. The second-order valence-corrected chi connectivity index (χ2v) is 9.70. The summed E-state index contributed by atoms with van der Waals surface area (Å²) in [6.45, 7) is 7.49. The van der Waals surface area contributed by atoms with E-state index >= 15 is 0 Å². The second kappa shape index (κ2) is 9.57. The minimum Gasteiger partial charge on any atom is -0.487 e. The quantitative estimate of drug-likeness (QED) is 0.630. The van der Waals surface area contributed by atoms with Crippen molar-refractivity contribution in [1.29, 1.82) is 0 Å². The summed E-state index contributed by atoms with van der Waals surface area (Å²) in [5, 5.41) is 4.91. The normalized spacial score (nSPS) is 22.3. The van der Waals surface area contributed by atoms with Crippen LogP contribution in [0.2, 0.25) is 0 Å². The molecule has 2 aliphatic rings. The number of benzene rings is 1. The number of carbonyl (C=O) groups excluding carboxylic acids is 1. The fourth-order valence-electron chi connectivity index (χ4n) is 4.40. The highest BCUT2D eigenvalue weighted by Gasteiger charge is 2.31. The van der Waals surface area contributed by atoms with E-state index in [1.54, 1.807) is 12.0 Å². The maximum absolute atomic E-state index is 12.3. The molecular formula is C24H34N2O6. The van der Waals surface area contributed by atoms with E-state index in [2.05, 4.69) is 5.16 Å². The van der Waals surface area contributed by atoms with E-state index in [4.69, 9.17) is 23.5 Å². The Kier molecular flexibility index (Phi) is 6.79. The van der Waals surface area contributed by atoms with Crippen LogP contribution < -0.4 is 9.47 Å². The van der Waals surface area contributed by atoms with Crippen LogP contribution in [0.1, 0.15) is 52.9 Å². The summed E-state index contributed by atoms with van der Waals surface area (Å²) in [4.78, 5) is 14.0. The Bertz CT molecular complexity index is 913. The zero-order valence-electron chi connectivity index (χ0n) is 19.5. The molecule has 0 unspecified atom stereocenters. The third-order valence-corrected chi connectivity index (χ3v) is 6.12. The molecule has 2 heterocycles. The Balaban J connectivity index is 1.36. The Morgan fingerprint density at radius 1 is 1.16 bits per heavy atom. The van der Waals surface area contributed by atoms with E-state index in [1.165, 1.54) is 0 Å². The molecule has 8 nitrogen and oxygen atoms in total. The highest BCUT2D eigenvalue weighted by molar-refractivity contribution is 5.88. The monoisotopic (exact) mass is 446 g/mol. The molecule has 32 heavy (non-hydrogen) atoms. The number of rotatable bonds is 6. The van der Waals surface area contributed by atoms with E-state index in [0.29, 0.717) is 42.8 Å². The molecule has 1 saturated heterocycles. The number of amides is 1. The lowest BCUT2D eigenvalue weighted by Crippen LogP contribution is -2.42. The Morgan fingerprint density at radius 2 is 1.91 bits per heavy atom. The van der Waals surface area contributed by atoms with E-state index in [-0.39, 0.29) is 18.3 Å². The average molecular weight is 447 g/mol. The first-order valence-electron chi connectivity index (χ1n) is 11.5. The largest absolute Gasteiger partial charge is 0.487 e. The molecule has 0 N–H and O–H groups in total. The lowest BCUT2D eigenvalue weighted by atomic mass is 9.98. The van der Waals surface area contributed by atoms with Crippen LogP contribution in [0.25, 0.3) is 11.0 Å². The summed E-state index contributed by atoms with van der Waals surface area (Å²) in [5.41, 5.74) is 0.163.